The molecule has 10 heteroatoms. The van der Waals surface area contributed by atoms with Crippen LogP contribution < -0.4 is 21.1 Å². The van der Waals surface area contributed by atoms with Gasteiger partial charge in [0.05, 0.1) is 24.1 Å². The molecular weight excluding hydrogens is 538 g/mol. The number of para-hydroxylation sites is 2. The minimum atomic E-state index is -0.792. The van der Waals surface area contributed by atoms with Gasteiger partial charge < -0.3 is 30.4 Å². The van der Waals surface area contributed by atoms with Gasteiger partial charge in [-0.2, -0.15) is 0 Å². The second-order valence-corrected chi connectivity index (χ2v) is 9.28. The van der Waals surface area contributed by atoms with Crippen molar-refractivity contribution in [1.82, 2.24) is 0 Å². The maximum absolute atomic E-state index is 13.0. The van der Waals surface area contributed by atoms with E-state index in [0.29, 0.717) is 53.4 Å². The van der Waals surface area contributed by atoms with Crippen LogP contribution in [0.5, 0.6) is 5.75 Å². The highest BCUT2D eigenvalue weighted by Crippen LogP contribution is 2.29. The van der Waals surface area contributed by atoms with Crippen LogP contribution in [0.1, 0.15) is 48.7 Å². The molecule has 2 amide bonds. The Morgan fingerprint density at radius 3 is 2.33 bits per heavy atom. The molecule has 5 N–H and O–H groups in total. The molecule has 2 atom stereocenters. The van der Waals surface area contributed by atoms with Gasteiger partial charge in [0.2, 0.25) is 5.91 Å². The molecule has 0 aliphatic carbocycles. The highest BCUT2D eigenvalue weighted by molar-refractivity contribution is 6.01. The Morgan fingerprint density at radius 2 is 1.69 bits per heavy atom. The van der Waals surface area contributed by atoms with Crippen molar-refractivity contribution in [3.8, 4) is 5.75 Å². The van der Waals surface area contributed by atoms with E-state index in [2.05, 4.69) is 10.6 Å². The molecule has 0 heterocycles. The number of anilines is 3. The summed E-state index contributed by atoms with van der Waals surface area (Å²) >= 11 is 0. The zero-order valence-electron chi connectivity index (χ0n) is 23.7. The number of allylic oxidation sites excluding steroid dienone is 1. The number of carbonyl (C=O) groups is 3. The van der Waals surface area contributed by atoms with E-state index in [9.17, 15) is 14.4 Å². The monoisotopic (exact) mass is 575 g/mol. The molecule has 3 aromatic rings. The molecule has 0 spiro atoms. The number of nitrogens with two attached hydrogens (primary N) is 1. The van der Waals surface area contributed by atoms with Crippen molar-refractivity contribution in [2.75, 3.05) is 36.2 Å². The molecule has 0 aromatic heterocycles. The largest absolute Gasteiger partial charge is 0.491 e. The van der Waals surface area contributed by atoms with Gasteiger partial charge >= 0.3 is 6.09 Å². The molecular formula is C32H37N3O7. The Balaban J connectivity index is 1.72. The van der Waals surface area contributed by atoms with E-state index in [1.807, 2.05) is 6.92 Å². The van der Waals surface area contributed by atoms with Gasteiger partial charge in [0.1, 0.15) is 12.4 Å². The van der Waals surface area contributed by atoms with E-state index in [1.54, 1.807) is 78.9 Å². The predicted octanol–water partition coefficient (Wildman–Crippen LogP) is 5.51. The molecule has 0 saturated heterocycles. The van der Waals surface area contributed by atoms with Crippen LogP contribution in [0.25, 0.3) is 0 Å². The summed E-state index contributed by atoms with van der Waals surface area (Å²) in [4.78, 5) is 36.9. The number of aliphatic hydroxyl groups excluding tert-OH is 1. The van der Waals surface area contributed by atoms with E-state index in [1.165, 1.54) is 13.0 Å². The number of Topliss-reactive ketones (excluding diaryl/α,β-unsaturated/α-hetero) is 1. The third-order valence-corrected chi connectivity index (χ3v) is 6.16. The summed E-state index contributed by atoms with van der Waals surface area (Å²) in [7, 11) is 0. The van der Waals surface area contributed by atoms with Gasteiger partial charge in [-0.1, -0.05) is 30.3 Å². The van der Waals surface area contributed by atoms with Crippen molar-refractivity contribution in [2.45, 2.75) is 38.9 Å². The van der Waals surface area contributed by atoms with Crippen molar-refractivity contribution in [3.05, 3.63) is 96.1 Å². The second-order valence-electron chi connectivity index (χ2n) is 9.28. The van der Waals surface area contributed by atoms with Crippen LogP contribution in [-0.4, -0.2) is 48.8 Å². The SMILES string of the molecule is CCO[C@@H](CC/C=C/C(=O)Nc1ccccc1N)[C@@H](OC(=O)Nc1ccc(C(C)=O)cc1)c1ccc(OCCO)cc1. The molecule has 0 aliphatic rings. The number of amides is 2. The van der Waals surface area contributed by atoms with Crippen LogP contribution >= 0.6 is 0 Å². The number of carbonyl (C=O) groups excluding carboxylic acids is 3. The molecule has 0 saturated carbocycles. The molecule has 10 nitrogen and oxygen atoms in total. The maximum Gasteiger partial charge on any atom is 0.412 e. The van der Waals surface area contributed by atoms with Crippen LogP contribution in [-0.2, 0) is 14.3 Å². The second kappa shape index (κ2) is 16.6. The van der Waals surface area contributed by atoms with Gasteiger partial charge in [-0.25, -0.2) is 4.79 Å². The first kappa shape index (κ1) is 31.9. The molecule has 42 heavy (non-hydrogen) atoms. The lowest BCUT2D eigenvalue weighted by Gasteiger charge is -2.27. The normalized spacial score (nSPS) is 12.4. The summed E-state index contributed by atoms with van der Waals surface area (Å²) in [5.74, 6) is 0.163. The quantitative estimate of drug-likeness (QED) is 0.105. The Morgan fingerprint density at radius 1 is 0.976 bits per heavy atom. The summed E-state index contributed by atoms with van der Waals surface area (Å²) in [6, 6.07) is 20.5. The Labute approximate surface area is 245 Å². The fourth-order valence-electron chi connectivity index (χ4n) is 4.10. The molecule has 0 bridgehead atoms. The van der Waals surface area contributed by atoms with E-state index >= 15 is 0 Å². The zero-order valence-corrected chi connectivity index (χ0v) is 23.7. The lowest BCUT2D eigenvalue weighted by atomic mass is 10.00. The number of benzene rings is 3. The summed E-state index contributed by atoms with van der Waals surface area (Å²) < 4.78 is 17.3. The summed E-state index contributed by atoms with van der Waals surface area (Å²) in [5, 5.41) is 14.5. The van der Waals surface area contributed by atoms with Crippen LogP contribution in [0, 0.1) is 0 Å². The average molecular weight is 576 g/mol. The lowest BCUT2D eigenvalue weighted by molar-refractivity contribution is -0.111. The topological polar surface area (TPSA) is 149 Å². The zero-order chi connectivity index (χ0) is 30.3. The number of ether oxygens (including phenoxy) is 3. The van der Waals surface area contributed by atoms with E-state index in [-0.39, 0.29) is 24.9 Å². The van der Waals surface area contributed by atoms with Gasteiger partial charge in [0, 0.05) is 17.9 Å². The first-order chi connectivity index (χ1) is 20.3. The van der Waals surface area contributed by atoms with Crippen LogP contribution in [0.2, 0.25) is 0 Å². The third kappa shape index (κ3) is 10.1. The summed E-state index contributed by atoms with van der Waals surface area (Å²) in [6.45, 7) is 3.73. The summed E-state index contributed by atoms with van der Waals surface area (Å²) in [5.41, 5.74) is 8.56. The Hall–Kier alpha value is -4.67. The smallest absolute Gasteiger partial charge is 0.412 e. The fraction of sp³-hybridized carbons (Fsp3) is 0.281. The van der Waals surface area contributed by atoms with Crippen LogP contribution in [0.4, 0.5) is 21.9 Å². The van der Waals surface area contributed by atoms with E-state index in [0.717, 1.165) is 0 Å². The fourth-order valence-corrected chi connectivity index (χ4v) is 4.10. The molecule has 0 fully saturated rings. The van der Waals surface area contributed by atoms with Gasteiger partial charge in [-0.3, -0.25) is 14.9 Å². The van der Waals surface area contributed by atoms with E-state index < -0.39 is 18.3 Å². The number of hydrogen-bond acceptors (Lipinski definition) is 8. The van der Waals surface area contributed by atoms with Crippen molar-refractivity contribution < 1.29 is 33.7 Å². The minimum Gasteiger partial charge on any atom is -0.491 e. The first-order valence-corrected chi connectivity index (χ1v) is 13.7. The van der Waals surface area contributed by atoms with Gasteiger partial charge in [0.15, 0.2) is 11.9 Å². The first-order valence-electron chi connectivity index (χ1n) is 13.7. The van der Waals surface area contributed by atoms with E-state index in [4.69, 9.17) is 25.1 Å². The number of nitrogen functional groups attached to an aromatic ring is 1. The third-order valence-electron chi connectivity index (χ3n) is 6.16. The molecule has 0 unspecified atom stereocenters. The van der Waals surface area contributed by atoms with Crippen molar-refractivity contribution >= 4 is 34.8 Å². The number of rotatable bonds is 15. The van der Waals surface area contributed by atoms with Gasteiger partial charge in [-0.15, -0.1) is 0 Å². The highest BCUT2D eigenvalue weighted by Gasteiger charge is 2.27. The van der Waals surface area contributed by atoms with Crippen molar-refractivity contribution in [1.29, 1.82) is 0 Å². The molecule has 222 valence electrons. The molecule has 0 aliphatic heterocycles. The maximum atomic E-state index is 13.0. The number of nitrogens with one attached hydrogen (secondary N) is 2. The van der Waals surface area contributed by atoms with Crippen molar-refractivity contribution in [2.24, 2.45) is 0 Å². The van der Waals surface area contributed by atoms with Gasteiger partial charge in [0.25, 0.3) is 0 Å². The standard InChI is InChI=1S/C32H37N3O7/c1-3-40-29(10-6-7-11-30(38)35-28-9-5-4-8-27(28)33)31(24-14-18-26(19-15-24)41-21-20-36)42-32(39)34-25-16-12-23(13-17-25)22(2)37/h4-5,7-9,11-19,29,31,36H,3,6,10,20-21,33H2,1-2H3,(H,34,39)(H,35,38)/b11-7+/t29-,31-/m0/s1. The Kier molecular flexibility index (Phi) is 12.6. The number of aliphatic hydroxyl groups is 1. The number of ketones is 1. The molecule has 0 radical (unpaired) electrons. The number of hydrogen-bond donors (Lipinski definition) is 4. The highest BCUT2D eigenvalue weighted by atomic mass is 16.6. The molecule has 3 rings (SSSR count). The molecule has 3 aromatic carbocycles. The van der Waals surface area contributed by atoms with Gasteiger partial charge in [-0.05, 0) is 86.9 Å². The predicted molar refractivity (Wildman–Crippen MR) is 162 cm³/mol. The minimum absolute atomic E-state index is 0.0779. The average Bonchev–Trinajstić information content (AvgIpc) is 2.98. The summed E-state index contributed by atoms with van der Waals surface area (Å²) in [6.07, 6.45) is 2.03. The van der Waals surface area contributed by atoms with Crippen LogP contribution in [0.3, 0.4) is 0 Å². The van der Waals surface area contributed by atoms with Crippen LogP contribution in [0.15, 0.2) is 84.9 Å². The van der Waals surface area contributed by atoms with Crippen molar-refractivity contribution in [3.63, 3.8) is 0 Å². The Bertz CT molecular complexity index is 1340. The lowest BCUT2D eigenvalue weighted by Crippen LogP contribution is -2.29.